The summed E-state index contributed by atoms with van der Waals surface area (Å²) in [6.45, 7) is 6.28. The van der Waals surface area contributed by atoms with E-state index in [1.165, 1.54) is 0 Å². The molecule has 1 aliphatic heterocycles. The summed E-state index contributed by atoms with van der Waals surface area (Å²) in [7, 11) is 0. The number of piperidine rings is 1. The molecule has 0 saturated carbocycles. The fraction of sp³-hybridized carbons (Fsp3) is 0.435. The maximum absolute atomic E-state index is 13.2. The predicted molar refractivity (Wildman–Crippen MR) is 115 cm³/mol. The predicted octanol–water partition coefficient (Wildman–Crippen LogP) is 3.30. The fourth-order valence-electron chi connectivity index (χ4n) is 3.51. The minimum absolute atomic E-state index is 0.105. The standard InChI is InChI=1S/C23H29N3O4/c1-3-29-14-15-30-20-11-5-4-10-19(20)23(28)26-13-7-9-18(16-26)22(27)25-21-12-6-8-17(2)24-21/h4-6,8,10-12,18H,3,7,9,13-16H2,1-2H3,(H,24,25,27). The van der Waals surface area contributed by atoms with Crippen molar-refractivity contribution in [1.82, 2.24) is 9.88 Å². The van der Waals surface area contributed by atoms with Crippen LogP contribution in [0.25, 0.3) is 0 Å². The molecule has 1 saturated heterocycles. The van der Waals surface area contributed by atoms with Crippen LogP contribution in [0.3, 0.4) is 0 Å². The van der Waals surface area contributed by atoms with E-state index in [2.05, 4.69) is 10.3 Å². The molecule has 1 fully saturated rings. The van der Waals surface area contributed by atoms with Gasteiger partial charge < -0.3 is 19.7 Å². The molecule has 1 N–H and O–H groups in total. The first-order valence-electron chi connectivity index (χ1n) is 10.4. The van der Waals surface area contributed by atoms with Gasteiger partial charge in [0.2, 0.25) is 5.91 Å². The Kier molecular flexibility index (Phi) is 7.79. The Balaban J connectivity index is 1.63. The Hall–Kier alpha value is -2.93. The number of ether oxygens (including phenoxy) is 2. The molecule has 0 aliphatic carbocycles. The van der Waals surface area contributed by atoms with Gasteiger partial charge >= 0.3 is 0 Å². The smallest absolute Gasteiger partial charge is 0.257 e. The molecular formula is C23H29N3O4. The Morgan fingerprint density at radius 1 is 1.17 bits per heavy atom. The monoisotopic (exact) mass is 411 g/mol. The number of nitrogens with one attached hydrogen (secondary N) is 1. The van der Waals surface area contributed by atoms with E-state index in [-0.39, 0.29) is 17.7 Å². The molecule has 3 rings (SSSR count). The Bertz CT molecular complexity index is 871. The van der Waals surface area contributed by atoms with Crippen LogP contribution < -0.4 is 10.1 Å². The first-order valence-corrected chi connectivity index (χ1v) is 10.4. The van der Waals surface area contributed by atoms with E-state index in [0.717, 1.165) is 18.5 Å². The summed E-state index contributed by atoms with van der Waals surface area (Å²) in [6, 6.07) is 12.7. The molecule has 1 atom stereocenters. The van der Waals surface area contributed by atoms with Crippen LogP contribution in [0, 0.1) is 12.8 Å². The highest BCUT2D eigenvalue weighted by Crippen LogP contribution is 2.24. The molecular weight excluding hydrogens is 382 g/mol. The highest BCUT2D eigenvalue weighted by Gasteiger charge is 2.30. The molecule has 1 aromatic carbocycles. The zero-order valence-electron chi connectivity index (χ0n) is 17.6. The van der Waals surface area contributed by atoms with Crippen LogP contribution in [0.2, 0.25) is 0 Å². The van der Waals surface area contributed by atoms with Crippen molar-refractivity contribution in [1.29, 1.82) is 0 Å². The molecule has 1 aliphatic rings. The molecule has 0 bridgehead atoms. The number of benzene rings is 1. The number of likely N-dealkylation sites (tertiary alicyclic amines) is 1. The quantitative estimate of drug-likeness (QED) is 0.674. The maximum atomic E-state index is 13.2. The van der Waals surface area contributed by atoms with Crippen molar-refractivity contribution >= 4 is 17.6 Å². The Morgan fingerprint density at radius 3 is 2.80 bits per heavy atom. The third-order valence-electron chi connectivity index (χ3n) is 5.03. The van der Waals surface area contributed by atoms with Gasteiger partial charge in [0, 0.05) is 25.4 Å². The third kappa shape index (κ3) is 5.79. The summed E-state index contributed by atoms with van der Waals surface area (Å²) in [5, 5.41) is 2.88. The first kappa shape index (κ1) is 21.8. The number of rotatable bonds is 8. The molecule has 0 spiro atoms. The van der Waals surface area contributed by atoms with Crippen LogP contribution in [-0.4, -0.2) is 54.6 Å². The largest absolute Gasteiger partial charge is 0.490 e. The number of hydrogen-bond acceptors (Lipinski definition) is 5. The number of aromatic nitrogens is 1. The third-order valence-corrected chi connectivity index (χ3v) is 5.03. The van der Waals surface area contributed by atoms with Crippen LogP contribution in [0.5, 0.6) is 5.75 Å². The van der Waals surface area contributed by atoms with Gasteiger partial charge in [-0.05, 0) is 51.0 Å². The van der Waals surface area contributed by atoms with Crippen LogP contribution >= 0.6 is 0 Å². The normalized spacial score (nSPS) is 16.2. The van der Waals surface area contributed by atoms with Crippen LogP contribution in [0.15, 0.2) is 42.5 Å². The average molecular weight is 412 g/mol. The zero-order chi connectivity index (χ0) is 21.3. The number of carbonyl (C=O) groups excluding carboxylic acids is 2. The zero-order valence-corrected chi connectivity index (χ0v) is 17.6. The number of para-hydroxylation sites is 1. The number of pyridine rings is 1. The van der Waals surface area contributed by atoms with Crippen molar-refractivity contribution in [3.63, 3.8) is 0 Å². The first-order chi connectivity index (χ1) is 14.6. The number of aryl methyl sites for hydroxylation is 1. The molecule has 1 aromatic heterocycles. The van der Waals surface area contributed by atoms with E-state index in [9.17, 15) is 9.59 Å². The second-order valence-corrected chi connectivity index (χ2v) is 7.29. The van der Waals surface area contributed by atoms with Crippen LogP contribution in [0.1, 0.15) is 35.8 Å². The average Bonchev–Trinajstić information content (AvgIpc) is 2.76. The molecule has 7 nitrogen and oxygen atoms in total. The lowest BCUT2D eigenvalue weighted by Crippen LogP contribution is -2.44. The maximum Gasteiger partial charge on any atom is 0.257 e. The van der Waals surface area contributed by atoms with Crippen molar-refractivity contribution in [2.24, 2.45) is 5.92 Å². The van der Waals surface area contributed by atoms with Crippen molar-refractivity contribution in [3.8, 4) is 5.75 Å². The number of anilines is 1. The van der Waals surface area contributed by atoms with Crippen LogP contribution in [-0.2, 0) is 9.53 Å². The van der Waals surface area contributed by atoms with Crippen molar-refractivity contribution in [2.75, 3.05) is 38.2 Å². The van der Waals surface area contributed by atoms with E-state index in [1.807, 2.05) is 38.1 Å². The number of amides is 2. The molecule has 30 heavy (non-hydrogen) atoms. The van der Waals surface area contributed by atoms with E-state index in [0.29, 0.717) is 50.0 Å². The Labute approximate surface area is 177 Å². The highest BCUT2D eigenvalue weighted by atomic mass is 16.5. The van der Waals surface area contributed by atoms with Crippen molar-refractivity contribution in [3.05, 3.63) is 53.7 Å². The summed E-state index contributed by atoms with van der Waals surface area (Å²) in [4.78, 5) is 31.9. The van der Waals surface area contributed by atoms with Gasteiger partial charge in [0.15, 0.2) is 0 Å². The molecule has 1 unspecified atom stereocenters. The number of nitrogens with zero attached hydrogens (tertiary/aromatic N) is 2. The molecule has 160 valence electrons. The van der Waals surface area contributed by atoms with Gasteiger partial charge in [0.1, 0.15) is 18.2 Å². The van der Waals surface area contributed by atoms with E-state index >= 15 is 0 Å². The number of hydrogen-bond donors (Lipinski definition) is 1. The van der Waals surface area contributed by atoms with Gasteiger partial charge in [-0.1, -0.05) is 18.2 Å². The lowest BCUT2D eigenvalue weighted by atomic mass is 9.96. The van der Waals surface area contributed by atoms with E-state index in [4.69, 9.17) is 9.47 Å². The van der Waals surface area contributed by atoms with Gasteiger partial charge in [-0.2, -0.15) is 0 Å². The molecule has 7 heteroatoms. The van der Waals surface area contributed by atoms with Crippen LogP contribution in [0.4, 0.5) is 5.82 Å². The minimum atomic E-state index is -0.268. The summed E-state index contributed by atoms with van der Waals surface area (Å²) >= 11 is 0. The summed E-state index contributed by atoms with van der Waals surface area (Å²) in [5.41, 5.74) is 1.35. The summed E-state index contributed by atoms with van der Waals surface area (Å²) in [5.74, 6) is 0.588. The van der Waals surface area contributed by atoms with Gasteiger partial charge in [0.05, 0.1) is 18.1 Å². The van der Waals surface area contributed by atoms with Gasteiger partial charge in [-0.25, -0.2) is 4.98 Å². The molecule has 0 radical (unpaired) electrons. The lowest BCUT2D eigenvalue weighted by Gasteiger charge is -2.32. The van der Waals surface area contributed by atoms with Crippen molar-refractivity contribution in [2.45, 2.75) is 26.7 Å². The topological polar surface area (TPSA) is 80.8 Å². The second kappa shape index (κ2) is 10.7. The van der Waals surface area contributed by atoms with Gasteiger partial charge in [-0.15, -0.1) is 0 Å². The second-order valence-electron chi connectivity index (χ2n) is 7.29. The van der Waals surface area contributed by atoms with Gasteiger partial charge in [-0.3, -0.25) is 9.59 Å². The molecule has 2 heterocycles. The SMILES string of the molecule is CCOCCOc1ccccc1C(=O)N1CCCC(C(=O)Nc2cccc(C)n2)C1. The Morgan fingerprint density at radius 2 is 2.00 bits per heavy atom. The van der Waals surface area contributed by atoms with Crippen molar-refractivity contribution < 1.29 is 19.1 Å². The highest BCUT2D eigenvalue weighted by molar-refractivity contribution is 5.98. The minimum Gasteiger partial charge on any atom is -0.490 e. The van der Waals surface area contributed by atoms with E-state index in [1.54, 1.807) is 23.1 Å². The summed E-state index contributed by atoms with van der Waals surface area (Å²) < 4.78 is 11.1. The number of carbonyl (C=O) groups is 2. The van der Waals surface area contributed by atoms with Gasteiger partial charge in [0.25, 0.3) is 5.91 Å². The van der Waals surface area contributed by atoms with E-state index < -0.39 is 0 Å². The fourth-order valence-corrected chi connectivity index (χ4v) is 3.51. The molecule has 2 amide bonds. The lowest BCUT2D eigenvalue weighted by molar-refractivity contribution is -0.121. The molecule has 2 aromatic rings. The summed E-state index contributed by atoms with van der Waals surface area (Å²) in [6.07, 6.45) is 1.52.